The first-order chi connectivity index (χ1) is 5.36. The van der Waals surface area contributed by atoms with Gasteiger partial charge in [0, 0.05) is 0 Å². The van der Waals surface area contributed by atoms with Crippen molar-refractivity contribution in [2.24, 2.45) is 5.92 Å². The van der Waals surface area contributed by atoms with E-state index in [1.165, 1.54) is 0 Å². The molecule has 0 aromatic carbocycles. The van der Waals surface area contributed by atoms with Crippen molar-refractivity contribution in [3.8, 4) is 0 Å². The second-order valence-corrected chi connectivity index (χ2v) is 3.31. The van der Waals surface area contributed by atoms with Crippen LogP contribution in [0.5, 0.6) is 0 Å². The SMILES string of the molecule is CCC(CS)COC1COC1. The zero-order chi connectivity index (χ0) is 8.10. The minimum atomic E-state index is 0.365. The van der Waals surface area contributed by atoms with Crippen LogP contribution in [0.3, 0.4) is 0 Å². The quantitative estimate of drug-likeness (QED) is 0.638. The van der Waals surface area contributed by atoms with E-state index in [0.29, 0.717) is 12.0 Å². The maximum atomic E-state index is 5.55. The number of thiol groups is 1. The van der Waals surface area contributed by atoms with Gasteiger partial charge in [0.2, 0.25) is 0 Å². The van der Waals surface area contributed by atoms with Gasteiger partial charge in [-0.1, -0.05) is 13.3 Å². The number of hydrogen-bond acceptors (Lipinski definition) is 3. The average molecular weight is 176 g/mol. The lowest BCUT2D eigenvalue weighted by Crippen LogP contribution is -2.37. The summed E-state index contributed by atoms with van der Waals surface area (Å²) < 4.78 is 10.5. The van der Waals surface area contributed by atoms with E-state index < -0.39 is 0 Å². The van der Waals surface area contributed by atoms with Crippen LogP contribution in [0.25, 0.3) is 0 Å². The lowest BCUT2D eigenvalue weighted by Gasteiger charge is -2.27. The van der Waals surface area contributed by atoms with Gasteiger partial charge in [0.05, 0.1) is 19.8 Å². The highest BCUT2D eigenvalue weighted by atomic mass is 32.1. The van der Waals surface area contributed by atoms with Crippen LogP contribution in [0, 0.1) is 5.92 Å². The van der Waals surface area contributed by atoms with Gasteiger partial charge in [-0.25, -0.2) is 0 Å². The molecule has 1 fully saturated rings. The molecule has 2 nitrogen and oxygen atoms in total. The van der Waals surface area contributed by atoms with Crippen LogP contribution < -0.4 is 0 Å². The van der Waals surface area contributed by atoms with Crippen molar-refractivity contribution in [3.63, 3.8) is 0 Å². The van der Waals surface area contributed by atoms with Gasteiger partial charge in [-0.3, -0.25) is 0 Å². The summed E-state index contributed by atoms with van der Waals surface area (Å²) in [6.45, 7) is 4.57. The molecule has 66 valence electrons. The fourth-order valence-electron chi connectivity index (χ4n) is 0.882. The summed E-state index contributed by atoms with van der Waals surface area (Å²) in [5.74, 6) is 1.53. The van der Waals surface area contributed by atoms with Gasteiger partial charge >= 0.3 is 0 Å². The molecule has 3 heteroatoms. The van der Waals surface area contributed by atoms with E-state index in [1.54, 1.807) is 0 Å². The van der Waals surface area contributed by atoms with Crippen molar-refractivity contribution < 1.29 is 9.47 Å². The van der Waals surface area contributed by atoms with Crippen molar-refractivity contribution in [1.29, 1.82) is 0 Å². The van der Waals surface area contributed by atoms with E-state index in [2.05, 4.69) is 19.6 Å². The van der Waals surface area contributed by atoms with Gasteiger partial charge in [-0.2, -0.15) is 12.6 Å². The molecule has 0 aliphatic carbocycles. The molecule has 1 aliphatic rings. The molecule has 0 aromatic heterocycles. The summed E-state index contributed by atoms with van der Waals surface area (Å²) in [5, 5.41) is 0. The minimum Gasteiger partial charge on any atom is -0.376 e. The predicted molar refractivity (Wildman–Crippen MR) is 48.2 cm³/mol. The smallest absolute Gasteiger partial charge is 0.104 e. The normalized spacial score (nSPS) is 21.3. The van der Waals surface area contributed by atoms with E-state index >= 15 is 0 Å². The fraction of sp³-hybridized carbons (Fsp3) is 1.00. The topological polar surface area (TPSA) is 18.5 Å². The van der Waals surface area contributed by atoms with E-state index in [9.17, 15) is 0 Å². The van der Waals surface area contributed by atoms with Crippen LogP contribution in [0.15, 0.2) is 0 Å². The van der Waals surface area contributed by atoms with Crippen molar-refractivity contribution in [1.82, 2.24) is 0 Å². The van der Waals surface area contributed by atoms with Crippen LogP contribution in [-0.4, -0.2) is 31.7 Å². The molecule has 0 saturated carbocycles. The van der Waals surface area contributed by atoms with E-state index in [-0.39, 0.29) is 0 Å². The van der Waals surface area contributed by atoms with Gasteiger partial charge in [0.1, 0.15) is 6.10 Å². The van der Waals surface area contributed by atoms with Crippen molar-refractivity contribution in [3.05, 3.63) is 0 Å². The third-order valence-corrected chi connectivity index (χ3v) is 2.53. The molecular weight excluding hydrogens is 160 g/mol. The lowest BCUT2D eigenvalue weighted by molar-refractivity contribution is -0.135. The van der Waals surface area contributed by atoms with Crippen LogP contribution in [0.2, 0.25) is 0 Å². The minimum absolute atomic E-state index is 0.365. The second kappa shape index (κ2) is 5.01. The van der Waals surface area contributed by atoms with Crippen molar-refractivity contribution in [2.75, 3.05) is 25.6 Å². The van der Waals surface area contributed by atoms with Crippen LogP contribution in [0.4, 0.5) is 0 Å². The molecule has 1 atom stereocenters. The van der Waals surface area contributed by atoms with Crippen LogP contribution in [0.1, 0.15) is 13.3 Å². The van der Waals surface area contributed by atoms with E-state index in [1.807, 2.05) is 0 Å². The Morgan fingerprint density at radius 1 is 1.64 bits per heavy atom. The average Bonchev–Trinajstić information content (AvgIpc) is 1.95. The van der Waals surface area contributed by atoms with Crippen molar-refractivity contribution >= 4 is 12.6 Å². The Morgan fingerprint density at radius 3 is 2.73 bits per heavy atom. The highest BCUT2D eigenvalue weighted by Crippen LogP contribution is 2.10. The molecule has 11 heavy (non-hydrogen) atoms. The third-order valence-electron chi connectivity index (χ3n) is 2.01. The van der Waals surface area contributed by atoms with E-state index in [4.69, 9.17) is 9.47 Å². The monoisotopic (exact) mass is 176 g/mol. The van der Waals surface area contributed by atoms with Gasteiger partial charge in [0.15, 0.2) is 0 Å². The molecule has 1 aliphatic heterocycles. The Labute approximate surface area is 73.7 Å². The van der Waals surface area contributed by atoms with Gasteiger partial charge < -0.3 is 9.47 Å². The number of ether oxygens (including phenoxy) is 2. The molecule has 0 N–H and O–H groups in total. The summed E-state index contributed by atoms with van der Waals surface area (Å²) in [7, 11) is 0. The van der Waals surface area contributed by atoms with Crippen LogP contribution >= 0.6 is 12.6 Å². The summed E-state index contributed by atoms with van der Waals surface area (Å²) in [6.07, 6.45) is 1.51. The summed E-state index contributed by atoms with van der Waals surface area (Å²) in [4.78, 5) is 0. The van der Waals surface area contributed by atoms with Gasteiger partial charge in [-0.05, 0) is 11.7 Å². The van der Waals surface area contributed by atoms with E-state index in [0.717, 1.165) is 32.0 Å². The number of hydrogen-bond donors (Lipinski definition) is 1. The summed E-state index contributed by atoms with van der Waals surface area (Å²) in [5.41, 5.74) is 0. The predicted octanol–water partition coefficient (Wildman–Crippen LogP) is 1.36. The second-order valence-electron chi connectivity index (χ2n) is 2.95. The molecule has 1 saturated heterocycles. The molecule has 1 rings (SSSR count). The first kappa shape index (κ1) is 9.36. The Balaban J connectivity index is 1.99. The molecular formula is C8H16O2S. The Morgan fingerprint density at radius 2 is 2.36 bits per heavy atom. The summed E-state index contributed by atoms with van der Waals surface area (Å²) in [6, 6.07) is 0. The fourth-order valence-corrected chi connectivity index (χ4v) is 1.25. The van der Waals surface area contributed by atoms with Crippen LogP contribution in [-0.2, 0) is 9.47 Å². The highest BCUT2D eigenvalue weighted by Gasteiger charge is 2.19. The van der Waals surface area contributed by atoms with Gasteiger partial charge in [0.25, 0.3) is 0 Å². The molecule has 0 radical (unpaired) electrons. The standard InChI is InChI=1S/C8H16O2S/c1-2-7(6-11)3-10-8-4-9-5-8/h7-8,11H,2-6H2,1H3. The first-order valence-corrected chi connectivity index (χ1v) is 4.80. The lowest BCUT2D eigenvalue weighted by atomic mass is 10.1. The molecule has 0 aromatic rings. The maximum absolute atomic E-state index is 5.55. The molecule has 0 spiro atoms. The Hall–Kier alpha value is 0.270. The summed E-state index contributed by atoms with van der Waals surface area (Å²) >= 11 is 4.23. The molecule has 0 amide bonds. The van der Waals surface area contributed by atoms with Gasteiger partial charge in [-0.15, -0.1) is 0 Å². The molecule has 0 bridgehead atoms. The zero-order valence-electron chi connectivity index (χ0n) is 6.95. The third kappa shape index (κ3) is 3.01. The number of rotatable bonds is 5. The molecule has 1 unspecified atom stereocenters. The first-order valence-electron chi connectivity index (χ1n) is 4.17. The van der Waals surface area contributed by atoms with Crippen molar-refractivity contribution in [2.45, 2.75) is 19.4 Å². The molecule has 1 heterocycles. The highest BCUT2D eigenvalue weighted by molar-refractivity contribution is 7.80. The largest absolute Gasteiger partial charge is 0.376 e. The zero-order valence-corrected chi connectivity index (χ0v) is 7.85. The Kier molecular flexibility index (Phi) is 4.26. The maximum Gasteiger partial charge on any atom is 0.104 e. The Bertz CT molecular complexity index is 100.